The molecule has 2 aromatic heterocycles. The zero-order valence-electron chi connectivity index (χ0n) is 17.4. The minimum Gasteiger partial charge on any atom is -0.361 e. The Kier molecular flexibility index (Phi) is 5.27. The molecule has 3 heterocycles. The van der Waals surface area contributed by atoms with Crippen LogP contribution in [-0.4, -0.2) is 58.0 Å². The third-order valence-electron chi connectivity index (χ3n) is 6.27. The van der Waals surface area contributed by atoms with Crippen molar-refractivity contribution < 1.29 is 9.32 Å². The molecule has 2 aliphatic rings. The van der Waals surface area contributed by atoms with Gasteiger partial charge >= 0.3 is 0 Å². The largest absolute Gasteiger partial charge is 0.361 e. The molecule has 7 heteroatoms. The number of aryl methyl sites for hydroxylation is 3. The zero-order chi connectivity index (χ0) is 19.8. The molecule has 28 heavy (non-hydrogen) atoms. The molecule has 2 atom stereocenters. The molecule has 0 spiro atoms. The van der Waals surface area contributed by atoms with Crippen LogP contribution in [0.2, 0.25) is 0 Å². The molecule has 0 saturated carbocycles. The molecule has 0 aromatic carbocycles. The maximum Gasteiger partial charge on any atom is 0.227 e. The van der Waals surface area contributed by atoms with Crippen LogP contribution in [-0.2, 0) is 30.6 Å². The number of aromatic amines is 1. The Balaban J connectivity index is 1.52. The summed E-state index contributed by atoms with van der Waals surface area (Å²) in [5, 5.41) is 4.27. The van der Waals surface area contributed by atoms with E-state index in [0.29, 0.717) is 6.54 Å². The minimum absolute atomic E-state index is 0.0792. The molecule has 1 amide bonds. The molecule has 4 rings (SSSR count). The number of hydrogen-bond acceptors (Lipinski definition) is 5. The molecule has 1 saturated heterocycles. The summed E-state index contributed by atoms with van der Waals surface area (Å²) in [5.74, 6) is 2.23. The first-order valence-corrected chi connectivity index (χ1v) is 10.4. The number of fused-ring (bicyclic) bond motifs is 1. The number of H-pyrrole nitrogens is 1. The highest BCUT2D eigenvalue weighted by Crippen LogP contribution is 2.34. The average Bonchev–Trinajstić information content (AvgIpc) is 3.38. The van der Waals surface area contributed by atoms with Gasteiger partial charge in [0.25, 0.3) is 0 Å². The number of carbonyl (C=O) groups is 1. The van der Waals surface area contributed by atoms with Crippen LogP contribution in [0, 0.1) is 12.8 Å². The number of likely N-dealkylation sites (tertiary alicyclic amines) is 1. The Hall–Kier alpha value is -2.15. The van der Waals surface area contributed by atoms with Gasteiger partial charge in [-0.15, -0.1) is 0 Å². The van der Waals surface area contributed by atoms with Gasteiger partial charge in [-0.1, -0.05) is 12.1 Å². The van der Waals surface area contributed by atoms with Crippen LogP contribution in [0.5, 0.6) is 0 Å². The molecule has 7 nitrogen and oxygen atoms in total. The fourth-order valence-electron chi connectivity index (χ4n) is 4.75. The van der Waals surface area contributed by atoms with E-state index in [-0.39, 0.29) is 17.7 Å². The van der Waals surface area contributed by atoms with Crippen LogP contribution in [0.4, 0.5) is 0 Å². The van der Waals surface area contributed by atoms with Gasteiger partial charge in [-0.05, 0) is 33.2 Å². The van der Waals surface area contributed by atoms with Gasteiger partial charge in [0.15, 0.2) is 0 Å². The summed E-state index contributed by atoms with van der Waals surface area (Å²) in [6, 6.07) is 0. The number of imidazole rings is 1. The van der Waals surface area contributed by atoms with E-state index in [1.165, 1.54) is 12.0 Å². The summed E-state index contributed by atoms with van der Waals surface area (Å²) in [4.78, 5) is 25.6. The van der Waals surface area contributed by atoms with Crippen molar-refractivity contribution in [3.05, 3.63) is 34.2 Å². The highest BCUT2D eigenvalue weighted by molar-refractivity contribution is 5.80. The zero-order valence-corrected chi connectivity index (χ0v) is 17.4. The van der Waals surface area contributed by atoms with Gasteiger partial charge in [0.05, 0.1) is 18.2 Å². The van der Waals surface area contributed by atoms with Gasteiger partial charge in [0.1, 0.15) is 17.3 Å². The Morgan fingerprint density at radius 3 is 2.86 bits per heavy atom. The van der Waals surface area contributed by atoms with Crippen molar-refractivity contribution in [1.29, 1.82) is 0 Å². The van der Waals surface area contributed by atoms with Crippen LogP contribution >= 0.6 is 0 Å². The summed E-state index contributed by atoms with van der Waals surface area (Å²) in [7, 11) is 3.97. The number of amides is 1. The molecular weight excluding hydrogens is 354 g/mol. The molecule has 0 bridgehead atoms. The van der Waals surface area contributed by atoms with Crippen LogP contribution < -0.4 is 0 Å². The number of hydrogen-bond donors (Lipinski definition) is 1. The molecular formula is C21H31N5O2. The molecule has 0 radical (unpaired) electrons. The second-order valence-corrected chi connectivity index (χ2v) is 8.41. The van der Waals surface area contributed by atoms with Gasteiger partial charge in [0, 0.05) is 50.2 Å². The Labute approximate surface area is 166 Å². The highest BCUT2D eigenvalue weighted by atomic mass is 16.5. The van der Waals surface area contributed by atoms with Gasteiger partial charge in [-0.3, -0.25) is 4.79 Å². The molecule has 0 unspecified atom stereocenters. The van der Waals surface area contributed by atoms with E-state index >= 15 is 0 Å². The predicted molar refractivity (Wildman–Crippen MR) is 106 cm³/mol. The lowest BCUT2D eigenvalue weighted by molar-refractivity contribution is -0.134. The van der Waals surface area contributed by atoms with E-state index in [4.69, 9.17) is 9.51 Å². The normalized spacial score (nSPS) is 22.4. The SMILES string of the molecule is CCc1nc([C@@H]2CN(C)C[C@H]2C(=O)N(C)Cc2noc3c2CCCC3)c(C)[nH]1. The third-order valence-corrected chi connectivity index (χ3v) is 6.27. The van der Waals surface area contributed by atoms with Crippen molar-refractivity contribution in [3.8, 4) is 0 Å². The van der Waals surface area contributed by atoms with Gasteiger partial charge < -0.3 is 19.3 Å². The molecule has 1 aliphatic carbocycles. The number of nitrogens with zero attached hydrogens (tertiary/aromatic N) is 4. The van der Waals surface area contributed by atoms with E-state index in [2.05, 4.69) is 35.9 Å². The lowest BCUT2D eigenvalue weighted by Gasteiger charge is -2.24. The molecule has 152 valence electrons. The van der Waals surface area contributed by atoms with Gasteiger partial charge in [-0.2, -0.15) is 0 Å². The number of nitrogens with one attached hydrogen (secondary N) is 1. The third kappa shape index (κ3) is 3.48. The van der Waals surface area contributed by atoms with Crippen LogP contribution in [0.1, 0.15) is 59.9 Å². The van der Waals surface area contributed by atoms with Crippen molar-refractivity contribution in [3.63, 3.8) is 0 Å². The van der Waals surface area contributed by atoms with Crippen LogP contribution in [0.25, 0.3) is 0 Å². The second-order valence-electron chi connectivity index (χ2n) is 8.41. The summed E-state index contributed by atoms with van der Waals surface area (Å²) in [6.45, 7) is 6.30. The van der Waals surface area contributed by atoms with E-state index in [0.717, 1.165) is 67.4 Å². The topological polar surface area (TPSA) is 78.3 Å². The minimum atomic E-state index is -0.0792. The van der Waals surface area contributed by atoms with Crippen molar-refractivity contribution in [2.45, 2.75) is 58.4 Å². The average molecular weight is 386 g/mol. The lowest BCUT2D eigenvalue weighted by Crippen LogP contribution is -2.36. The van der Waals surface area contributed by atoms with Crippen molar-refractivity contribution >= 4 is 5.91 Å². The van der Waals surface area contributed by atoms with Gasteiger partial charge in [0.2, 0.25) is 5.91 Å². The first-order chi connectivity index (χ1) is 13.5. The van der Waals surface area contributed by atoms with E-state index < -0.39 is 0 Å². The van der Waals surface area contributed by atoms with Crippen molar-refractivity contribution in [1.82, 2.24) is 24.9 Å². The van der Waals surface area contributed by atoms with Crippen LogP contribution in [0.3, 0.4) is 0 Å². The molecule has 1 N–H and O–H groups in total. The summed E-state index contributed by atoms with van der Waals surface area (Å²) in [5.41, 5.74) is 4.29. The van der Waals surface area contributed by atoms with E-state index in [9.17, 15) is 4.79 Å². The first-order valence-electron chi connectivity index (χ1n) is 10.4. The number of aromatic nitrogens is 3. The highest BCUT2D eigenvalue weighted by Gasteiger charge is 2.40. The van der Waals surface area contributed by atoms with Gasteiger partial charge in [-0.25, -0.2) is 4.98 Å². The Morgan fingerprint density at radius 1 is 1.32 bits per heavy atom. The lowest BCUT2D eigenvalue weighted by atomic mass is 9.90. The summed E-state index contributed by atoms with van der Waals surface area (Å²) >= 11 is 0. The summed E-state index contributed by atoms with van der Waals surface area (Å²) < 4.78 is 5.52. The van der Waals surface area contributed by atoms with Crippen molar-refractivity contribution in [2.24, 2.45) is 5.92 Å². The number of carbonyl (C=O) groups excluding carboxylic acids is 1. The monoisotopic (exact) mass is 385 g/mol. The van der Waals surface area contributed by atoms with Crippen molar-refractivity contribution in [2.75, 3.05) is 27.2 Å². The number of rotatable bonds is 5. The standard InChI is InChI=1S/C21H31N5O2/c1-5-19-22-13(2)20(23-19)15-10-25(3)11-16(15)21(27)26(4)12-17-14-8-6-7-9-18(14)28-24-17/h15-16H,5-12H2,1-4H3,(H,22,23)/t15-,16-/m1/s1. The first kappa shape index (κ1) is 19.2. The maximum absolute atomic E-state index is 13.4. The second kappa shape index (κ2) is 7.70. The summed E-state index contributed by atoms with van der Waals surface area (Å²) in [6.07, 6.45) is 5.19. The molecule has 2 aromatic rings. The fraction of sp³-hybridized carbons (Fsp3) is 0.667. The number of likely N-dealkylation sites (N-methyl/N-ethyl adjacent to an activating group) is 1. The Morgan fingerprint density at radius 2 is 2.11 bits per heavy atom. The molecule has 1 aliphatic heterocycles. The Bertz CT molecular complexity index is 855. The quantitative estimate of drug-likeness (QED) is 0.855. The molecule has 1 fully saturated rings. The maximum atomic E-state index is 13.4. The fourth-order valence-corrected chi connectivity index (χ4v) is 4.75. The van der Waals surface area contributed by atoms with Crippen LogP contribution in [0.15, 0.2) is 4.52 Å². The van der Waals surface area contributed by atoms with E-state index in [1.807, 2.05) is 11.9 Å². The smallest absolute Gasteiger partial charge is 0.227 e. The predicted octanol–water partition coefficient (Wildman–Crippen LogP) is 2.45. The van der Waals surface area contributed by atoms with E-state index in [1.54, 1.807) is 0 Å².